The molecule has 8 nitrogen and oxygen atoms in total. The summed E-state index contributed by atoms with van der Waals surface area (Å²) in [6.45, 7) is 1.76. The van der Waals surface area contributed by atoms with E-state index in [0.29, 0.717) is 40.5 Å². The van der Waals surface area contributed by atoms with E-state index in [9.17, 15) is 14.4 Å². The molecule has 1 heterocycles. The van der Waals surface area contributed by atoms with Crippen molar-refractivity contribution >= 4 is 23.4 Å². The molecule has 2 aromatic carbocycles. The van der Waals surface area contributed by atoms with E-state index in [4.69, 9.17) is 23.9 Å². The molecule has 8 heteroatoms. The summed E-state index contributed by atoms with van der Waals surface area (Å²) in [5.74, 6) is -3.34. The highest BCUT2D eigenvalue weighted by Crippen LogP contribution is 2.49. The maximum absolute atomic E-state index is 14.1. The monoisotopic (exact) mass is 491 g/mol. The fraction of sp³-hybridized carbons (Fsp3) is 0.357. The van der Waals surface area contributed by atoms with Crippen molar-refractivity contribution in [1.82, 2.24) is 0 Å². The van der Waals surface area contributed by atoms with Gasteiger partial charge in [0.1, 0.15) is 23.3 Å². The molecule has 1 aliphatic carbocycles. The molecule has 0 saturated heterocycles. The van der Waals surface area contributed by atoms with Crippen molar-refractivity contribution in [3.63, 3.8) is 0 Å². The molecule has 1 aliphatic heterocycles. The zero-order valence-electron chi connectivity index (χ0n) is 20.9. The summed E-state index contributed by atoms with van der Waals surface area (Å²) in [5.41, 5.74) is 2.94. The van der Waals surface area contributed by atoms with Crippen LogP contribution in [0.3, 0.4) is 0 Å². The number of carbonyl (C=O) groups is 3. The number of allylic oxidation sites excluding steroid dienone is 2. The molecule has 4 atom stereocenters. The lowest BCUT2D eigenvalue weighted by Crippen LogP contribution is -2.43. The average molecular weight is 492 g/mol. The average Bonchev–Trinajstić information content (AvgIpc) is 2.91. The van der Waals surface area contributed by atoms with Gasteiger partial charge >= 0.3 is 11.9 Å². The van der Waals surface area contributed by atoms with Gasteiger partial charge in [-0.25, -0.2) is 0 Å². The van der Waals surface area contributed by atoms with Gasteiger partial charge in [0.15, 0.2) is 5.78 Å². The molecule has 0 N–H and O–H groups in total. The number of ketones is 1. The predicted molar refractivity (Wildman–Crippen MR) is 132 cm³/mol. The third kappa shape index (κ3) is 4.39. The van der Waals surface area contributed by atoms with E-state index < -0.39 is 41.4 Å². The van der Waals surface area contributed by atoms with Crippen LogP contribution in [-0.2, 0) is 23.9 Å². The van der Waals surface area contributed by atoms with Crippen molar-refractivity contribution in [2.45, 2.75) is 25.2 Å². The fourth-order valence-electron chi connectivity index (χ4n) is 5.24. The molecule has 0 amide bonds. The zero-order chi connectivity index (χ0) is 26.0. The summed E-state index contributed by atoms with van der Waals surface area (Å²) in [5, 5.41) is 0. The summed E-state index contributed by atoms with van der Waals surface area (Å²) >= 11 is 0. The maximum atomic E-state index is 14.1. The molecule has 0 fully saturated rings. The lowest BCUT2D eigenvalue weighted by atomic mass is 9.65. The first kappa shape index (κ1) is 25.2. The van der Waals surface area contributed by atoms with Crippen LogP contribution in [0.25, 0.3) is 0 Å². The number of hydrogen-bond acceptors (Lipinski definition) is 8. The fourth-order valence-corrected chi connectivity index (χ4v) is 5.24. The summed E-state index contributed by atoms with van der Waals surface area (Å²) in [6, 6.07) is 14.5. The first-order valence-corrected chi connectivity index (χ1v) is 11.6. The third-order valence-corrected chi connectivity index (χ3v) is 6.99. The standard InChI is InChI=1S/C28H29NO7/c1-15-22(27(31)35-4)23(17-7-6-8-19(13-17)34-3)25-21(29-15)14-20(24(26(25)30)28(32)36-5)16-9-11-18(33-2)12-10-16/h6-13,20,22-24H,14H2,1-5H3/t20-,22?,23+,24+/m1/s1. The largest absolute Gasteiger partial charge is 0.497 e. The van der Waals surface area contributed by atoms with Gasteiger partial charge in [-0.2, -0.15) is 0 Å². The Morgan fingerprint density at radius 1 is 0.833 bits per heavy atom. The van der Waals surface area contributed by atoms with Crippen molar-refractivity contribution in [3.8, 4) is 11.5 Å². The van der Waals surface area contributed by atoms with E-state index in [-0.39, 0.29) is 0 Å². The number of carbonyl (C=O) groups excluding carboxylic acids is 3. The number of benzene rings is 2. The summed E-state index contributed by atoms with van der Waals surface area (Å²) in [6.07, 6.45) is 0.332. The third-order valence-electron chi connectivity index (χ3n) is 6.99. The van der Waals surface area contributed by atoms with Gasteiger partial charge in [-0.3, -0.25) is 19.4 Å². The first-order chi connectivity index (χ1) is 17.3. The Kier molecular flexibility index (Phi) is 7.24. The summed E-state index contributed by atoms with van der Waals surface area (Å²) in [7, 11) is 5.70. The summed E-state index contributed by atoms with van der Waals surface area (Å²) in [4.78, 5) is 44.8. The van der Waals surface area contributed by atoms with Crippen LogP contribution in [-0.4, -0.2) is 51.9 Å². The predicted octanol–water partition coefficient (Wildman–Crippen LogP) is 3.85. The van der Waals surface area contributed by atoms with Crippen LogP contribution in [0.4, 0.5) is 0 Å². The van der Waals surface area contributed by atoms with E-state index >= 15 is 0 Å². The molecule has 0 radical (unpaired) electrons. The zero-order valence-corrected chi connectivity index (χ0v) is 20.9. The molecule has 2 aromatic rings. The van der Waals surface area contributed by atoms with E-state index in [1.165, 1.54) is 14.2 Å². The van der Waals surface area contributed by atoms with Crippen molar-refractivity contribution in [3.05, 3.63) is 70.9 Å². The Morgan fingerprint density at radius 3 is 2.08 bits per heavy atom. The normalized spacial score (nSPS) is 23.4. The van der Waals surface area contributed by atoms with Crippen molar-refractivity contribution in [2.24, 2.45) is 16.8 Å². The minimum atomic E-state index is -1.08. The SMILES string of the molecule is COC(=O)C1C(C)=NC2=C(C(=O)[C@@H](C(=O)OC)[C@@H](c3ccc(OC)cc3)C2)[C@H]1c1cccc(OC)c1. The van der Waals surface area contributed by atoms with Crippen molar-refractivity contribution in [1.29, 1.82) is 0 Å². The molecule has 0 saturated carbocycles. The number of rotatable bonds is 6. The Labute approximate surface area is 209 Å². The maximum Gasteiger partial charge on any atom is 0.317 e. The van der Waals surface area contributed by atoms with Gasteiger partial charge in [0.2, 0.25) is 0 Å². The smallest absolute Gasteiger partial charge is 0.317 e. The lowest BCUT2D eigenvalue weighted by Gasteiger charge is -2.39. The van der Waals surface area contributed by atoms with Gasteiger partial charge < -0.3 is 18.9 Å². The molecule has 1 unspecified atom stereocenters. The van der Waals surface area contributed by atoms with Gasteiger partial charge in [-0.15, -0.1) is 0 Å². The number of Topliss-reactive ketones (excluding diaryl/α,β-unsaturated/α-hetero) is 1. The van der Waals surface area contributed by atoms with Gasteiger partial charge in [-0.05, 0) is 48.7 Å². The lowest BCUT2D eigenvalue weighted by molar-refractivity contribution is -0.150. The second-order valence-corrected chi connectivity index (χ2v) is 8.82. The van der Waals surface area contributed by atoms with E-state index in [1.807, 2.05) is 18.2 Å². The molecule has 188 valence electrons. The molecular weight excluding hydrogens is 462 g/mol. The molecule has 2 aliphatic rings. The van der Waals surface area contributed by atoms with Gasteiger partial charge in [0.05, 0.1) is 28.4 Å². The highest BCUT2D eigenvalue weighted by molar-refractivity contribution is 6.14. The van der Waals surface area contributed by atoms with Crippen molar-refractivity contribution < 1.29 is 33.3 Å². The minimum Gasteiger partial charge on any atom is -0.497 e. The molecule has 0 spiro atoms. The first-order valence-electron chi connectivity index (χ1n) is 11.6. The molecule has 4 rings (SSSR count). The van der Waals surface area contributed by atoms with Gasteiger partial charge in [-0.1, -0.05) is 24.3 Å². The number of aliphatic imine (C=N–C) groups is 1. The highest BCUT2D eigenvalue weighted by atomic mass is 16.5. The summed E-state index contributed by atoms with van der Waals surface area (Å²) < 4.78 is 20.8. The molecule has 36 heavy (non-hydrogen) atoms. The number of ether oxygens (including phenoxy) is 4. The van der Waals surface area contributed by atoms with Crippen LogP contribution in [0.2, 0.25) is 0 Å². The van der Waals surface area contributed by atoms with Crippen LogP contribution < -0.4 is 9.47 Å². The van der Waals surface area contributed by atoms with Crippen LogP contribution in [0.15, 0.2) is 64.8 Å². The van der Waals surface area contributed by atoms with E-state index in [2.05, 4.69) is 0 Å². The number of esters is 2. The van der Waals surface area contributed by atoms with Crippen LogP contribution in [0, 0.1) is 11.8 Å². The number of nitrogens with zero attached hydrogens (tertiary/aromatic N) is 1. The van der Waals surface area contributed by atoms with E-state index in [1.54, 1.807) is 51.5 Å². The van der Waals surface area contributed by atoms with Gasteiger partial charge in [0, 0.05) is 28.8 Å². The van der Waals surface area contributed by atoms with Crippen LogP contribution >= 0.6 is 0 Å². The number of methoxy groups -OCH3 is 4. The Balaban J connectivity index is 1.90. The quantitative estimate of drug-likeness (QED) is 0.447. The minimum absolute atomic E-state index is 0.332. The van der Waals surface area contributed by atoms with Crippen molar-refractivity contribution in [2.75, 3.05) is 28.4 Å². The Bertz CT molecular complexity index is 1240. The molecule has 0 bridgehead atoms. The topological polar surface area (TPSA) is 100 Å². The Morgan fingerprint density at radius 2 is 1.47 bits per heavy atom. The molecule has 0 aromatic heterocycles. The number of hydrogen-bond donors (Lipinski definition) is 0. The second kappa shape index (κ2) is 10.4. The Hall–Kier alpha value is -3.94. The van der Waals surface area contributed by atoms with Crippen LogP contribution in [0.1, 0.15) is 36.3 Å². The van der Waals surface area contributed by atoms with Gasteiger partial charge in [0.25, 0.3) is 0 Å². The van der Waals surface area contributed by atoms with E-state index in [0.717, 1.165) is 5.56 Å². The van der Waals surface area contributed by atoms with Crippen LogP contribution in [0.5, 0.6) is 11.5 Å². The second-order valence-electron chi connectivity index (χ2n) is 8.82. The highest BCUT2D eigenvalue weighted by Gasteiger charge is 2.50. The molecular formula is C28H29NO7.